The van der Waals surface area contributed by atoms with E-state index in [9.17, 15) is 4.79 Å². The Morgan fingerprint density at radius 3 is 2.63 bits per heavy atom. The van der Waals surface area contributed by atoms with Gasteiger partial charge in [0.2, 0.25) is 0 Å². The summed E-state index contributed by atoms with van der Waals surface area (Å²) in [4.78, 5) is 23.9. The third-order valence-electron chi connectivity index (χ3n) is 4.57. The molecule has 0 bridgehead atoms. The van der Waals surface area contributed by atoms with Crippen molar-refractivity contribution in [3.8, 4) is 17.1 Å². The van der Waals surface area contributed by atoms with Crippen molar-refractivity contribution in [1.29, 1.82) is 0 Å². The van der Waals surface area contributed by atoms with Crippen molar-refractivity contribution in [1.82, 2.24) is 19.7 Å². The summed E-state index contributed by atoms with van der Waals surface area (Å²) in [5.74, 6) is 0.504. The topological polar surface area (TPSA) is 63.9 Å². The number of thiazole rings is 1. The van der Waals surface area contributed by atoms with Crippen LogP contribution in [0.2, 0.25) is 0 Å². The van der Waals surface area contributed by atoms with Gasteiger partial charge in [-0.15, -0.1) is 17.9 Å². The van der Waals surface area contributed by atoms with E-state index in [1.165, 1.54) is 11.3 Å². The summed E-state index contributed by atoms with van der Waals surface area (Å²) >= 11 is 1.43. The SMILES string of the molecule is C=CCN(C(=O)c1ccc(-n2nc(C)cc2C)nc1)c1nc(-c2ccccc2)cs1. The highest BCUT2D eigenvalue weighted by atomic mass is 32.1. The lowest BCUT2D eigenvalue weighted by Crippen LogP contribution is -2.31. The van der Waals surface area contributed by atoms with Crippen LogP contribution in [-0.2, 0) is 0 Å². The number of aryl methyl sites for hydroxylation is 2. The molecular formula is C23H21N5OS. The highest BCUT2D eigenvalue weighted by Crippen LogP contribution is 2.28. The van der Waals surface area contributed by atoms with Crippen LogP contribution in [0.3, 0.4) is 0 Å². The van der Waals surface area contributed by atoms with Crippen LogP contribution in [0.25, 0.3) is 17.1 Å². The Labute approximate surface area is 179 Å². The zero-order valence-corrected chi connectivity index (χ0v) is 17.6. The van der Waals surface area contributed by atoms with Crippen molar-refractivity contribution in [2.75, 3.05) is 11.4 Å². The third kappa shape index (κ3) is 3.92. The molecule has 4 aromatic rings. The van der Waals surface area contributed by atoms with Gasteiger partial charge in [-0.3, -0.25) is 9.69 Å². The van der Waals surface area contributed by atoms with Crippen LogP contribution in [0.1, 0.15) is 21.7 Å². The number of anilines is 1. The molecule has 7 heteroatoms. The van der Waals surface area contributed by atoms with E-state index in [-0.39, 0.29) is 5.91 Å². The van der Waals surface area contributed by atoms with E-state index in [2.05, 4.69) is 21.6 Å². The first-order chi connectivity index (χ1) is 14.6. The number of nitrogens with zero attached hydrogens (tertiary/aromatic N) is 5. The van der Waals surface area contributed by atoms with Crippen molar-refractivity contribution < 1.29 is 4.79 Å². The van der Waals surface area contributed by atoms with Crippen molar-refractivity contribution in [2.24, 2.45) is 0 Å². The molecule has 1 amide bonds. The minimum absolute atomic E-state index is 0.170. The highest BCUT2D eigenvalue weighted by molar-refractivity contribution is 7.14. The molecular weight excluding hydrogens is 394 g/mol. The van der Waals surface area contributed by atoms with Crippen molar-refractivity contribution in [3.05, 3.63) is 89.7 Å². The Hall–Kier alpha value is -3.58. The largest absolute Gasteiger partial charge is 0.280 e. The van der Waals surface area contributed by atoms with Crippen LogP contribution >= 0.6 is 11.3 Å². The number of carbonyl (C=O) groups is 1. The average molecular weight is 416 g/mol. The molecule has 150 valence electrons. The van der Waals surface area contributed by atoms with E-state index >= 15 is 0 Å². The van der Waals surface area contributed by atoms with E-state index < -0.39 is 0 Å². The van der Waals surface area contributed by atoms with Crippen LogP contribution in [0.15, 0.2) is 72.8 Å². The average Bonchev–Trinajstić information content (AvgIpc) is 3.38. The molecule has 1 aromatic carbocycles. The van der Waals surface area contributed by atoms with Gasteiger partial charge in [-0.2, -0.15) is 5.10 Å². The molecule has 3 aromatic heterocycles. The molecule has 0 saturated carbocycles. The number of hydrogen-bond acceptors (Lipinski definition) is 5. The fourth-order valence-corrected chi connectivity index (χ4v) is 4.00. The molecule has 0 saturated heterocycles. The molecule has 4 rings (SSSR count). The van der Waals surface area contributed by atoms with Gasteiger partial charge in [-0.25, -0.2) is 14.6 Å². The van der Waals surface area contributed by atoms with Gasteiger partial charge < -0.3 is 0 Å². The van der Waals surface area contributed by atoms with E-state index in [0.717, 1.165) is 22.6 Å². The molecule has 0 atom stereocenters. The van der Waals surface area contributed by atoms with Gasteiger partial charge in [0.1, 0.15) is 0 Å². The Kier molecular flexibility index (Phi) is 5.54. The van der Waals surface area contributed by atoms with Crippen LogP contribution in [0.5, 0.6) is 0 Å². The van der Waals surface area contributed by atoms with Gasteiger partial charge >= 0.3 is 0 Å². The summed E-state index contributed by atoms with van der Waals surface area (Å²) in [7, 11) is 0. The summed E-state index contributed by atoms with van der Waals surface area (Å²) in [6.45, 7) is 8.06. The van der Waals surface area contributed by atoms with Crippen LogP contribution in [0, 0.1) is 13.8 Å². The first kappa shape index (κ1) is 19.7. The maximum Gasteiger partial charge on any atom is 0.261 e. The first-order valence-corrected chi connectivity index (χ1v) is 10.4. The zero-order valence-electron chi connectivity index (χ0n) is 16.8. The predicted molar refractivity (Wildman–Crippen MR) is 120 cm³/mol. The molecule has 3 heterocycles. The van der Waals surface area contributed by atoms with Gasteiger partial charge in [-0.1, -0.05) is 36.4 Å². The lowest BCUT2D eigenvalue weighted by atomic mass is 10.2. The number of amides is 1. The molecule has 0 unspecified atom stereocenters. The Morgan fingerprint density at radius 2 is 2.00 bits per heavy atom. The summed E-state index contributed by atoms with van der Waals surface area (Å²) in [5, 5.41) is 7.02. The fraction of sp³-hybridized carbons (Fsp3) is 0.130. The second kappa shape index (κ2) is 8.42. The lowest BCUT2D eigenvalue weighted by molar-refractivity contribution is 0.0989. The quantitative estimate of drug-likeness (QED) is 0.423. The van der Waals surface area contributed by atoms with Crippen molar-refractivity contribution in [3.63, 3.8) is 0 Å². The summed E-state index contributed by atoms with van der Waals surface area (Å²) in [5.41, 5.74) is 4.25. The van der Waals surface area contributed by atoms with Crippen molar-refractivity contribution >= 4 is 22.4 Å². The Balaban J connectivity index is 1.60. The van der Waals surface area contributed by atoms with E-state index in [1.807, 2.05) is 55.6 Å². The third-order valence-corrected chi connectivity index (χ3v) is 5.43. The Bertz CT molecular complexity index is 1180. The minimum Gasteiger partial charge on any atom is -0.280 e. The van der Waals surface area contributed by atoms with Crippen LogP contribution in [-0.4, -0.2) is 32.2 Å². The molecule has 0 aliphatic carbocycles. The number of aromatic nitrogens is 4. The number of benzene rings is 1. The standard InChI is InChI=1S/C23H21N5OS/c1-4-12-27(23-25-20(15-30-23)18-8-6-5-7-9-18)22(29)19-10-11-21(24-14-19)28-17(3)13-16(2)26-28/h4-11,13-15H,1,12H2,2-3H3. The van der Waals surface area contributed by atoms with Gasteiger partial charge in [0, 0.05) is 29.4 Å². The molecule has 0 N–H and O–H groups in total. The number of pyridine rings is 1. The normalized spacial score (nSPS) is 10.7. The monoisotopic (exact) mass is 415 g/mol. The fourth-order valence-electron chi connectivity index (χ4n) is 3.16. The molecule has 0 aliphatic rings. The maximum absolute atomic E-state index is 13.2. The summed E-state index contributed by atoms with van der Waals surface area (Å²) in [6, 6.07) is 15.5. The zero-order chi connectivity index (χ0) is 21.1. The van der Waals surface area contributed by atoms with E-state index in [4.69, 9.17) is 0 Å². The highest BCUT2D eigenvalue weighted by Gasteiger charge is 2.20. The molecule has 0 spiro atoms. The van der Waals surface area contributed by atoms with Gasteiger partial charge in [0.15, 0.2) is 10.9 Å². The van der Waals surface area contributed by atoms with Gasteiger partial charge in [-0.05, 0) is 32.0 Å². The molecule has 0 fully saturated rings. The number of hydrogen-bond donors (Lipinski definition) is 0. The predicted octanol–water partition coefficient (Wildman–Crippen LogP) is 4.84. The summed E-state index contributed by atoms with van der Waals surface area (Å²) in [6.07, 6.45) is 3.27. The van der Waals surface area contributed by atoms with E-state index in [0.29, 0.717) is 23.1 Å². The Morgan fingerprint density at radius 1 is 1.20 bits per heavy atom. The smallest absolute Gasteiger partial charge is 0.261 e. The van der Waals surface area contributed by atoms with Crippen LogP contribution in [0.4, 0.5) is 5.13 Å². The maximum atomic E-state index is 13.2. The molecule has 0 radical (unpaired) electrons. The molecule has 30 heavy (non-hydrogen) atoms. The van der Waals surface area contributed by atoms with Gasteiger partial charge in [0.25, 0.3) is 5.91 Å². The number of carbonyl (C=O) groups excluding carboxylic acids is 1. The van der Waals surface area contributed by atoms with Gasteiger partial charge in [0.05, 0.1) is 17.0 Å². The molecule has 6 nitrogen and oxygen atoms in total. The molecule has 0 aliphatic heterocycles. The van der Waals surface area contributed by atoms with Crippen LogP contribution < -0.4 is 4.90 Å². The second-order valence-electron chi connectivity index (χ2n) is 6.83. The lowest BCUT2D eigenvalue weighted by Gasteiger charge is -2.18. The minimum atomic E-state index is -0.170. The van der Waals surface area contributed by atoms with E-state index in [1.54, 1.807) is 34.0 Å². The second-order valence-corrected chi connectivity index (χ2v) is 7.67. The number of rotatable bonds is 6. The first-order valence-electron chi connectivity index (χ1n) is 9.50. The van der Waals surface area contributed by atoms with Crippen molar-refractivity contribution in [2.45, 2.75) is 13.8 Å². The summed E-state index contributed by atoms with van der Waals surface area (Å²) < 4.78 is 1.76.